The number of nitrogens with zero attached hydrogens (tertiary/aromatic N) is 2. The van der Waals surface area contributed by atoms with Gasteiger partial charge in [-0.3, -0.25) is 4.79 Å². The fourth-order valence-corrected chi connectivity index (χ4v) is 1.67. The maximum Gasteiger partial charge on any atom is 0.238 e. The van der Waals surface area contributed by atoms with E-state index in [9.17, 15) is 4.79 Å². The van der Waals surface area contributed by atoms with Crippen LogP contribution in [0.25, 0.3) is 0 Å². The van der Waals surface area contributed by atoms with Crippen molar-refractivity contribution in [2.75, 3.05) is 18.4 Å². The van der Waals surface area contributed by atoms with Crippen LogP contribution in [0.3, 0.4) is 0 Å². The molecule has 2 aromatic rings. The Morgan fingerprint density at radius 1 is 1.42 bits per heavy atom. The Kier molecular flexibility index (Phi) is 4.88. The standard InChI is InChI=1S/C12H13ClN4O2/c13-9-2-1-3-10(6-9)16-12(18)7-14-5-4-11-15-8-19-17-11/h1-3,6,8,14H,4-5,7H2,(H,16,18). The predicted octanol–water partition coefficient (Wildman–Crippen LogP) is 1.49. The van der Waals surface area contributed by atoms with Crippen molar-refractivity contribution >= 4 is 23.2 Å². The number of hydrogen-bond donors (Lipinski definition) is 2. The van der Waals surface area contributed by atoms with Crippen LogP contribution in [0, 0.1) is 0 Å². The van der Waals surface area contributed by atoms with Crippen molar-refractivity contribution in [2.45, 2.75) is 6.42 Å². The highest BCUT2D eigenvalue weighted by Crippen LogP contribution is 2.14. The molecule has 6 nitrogen and oxygen atoms in total. The first-order chi connectivity index (χ1) is 9.24. The third-order valence-electron chi connectivity index (χ3n) is 2.33. The summed E-state index contributed by atoms with van der Waals surface area (Å²) in [5, 5.41) is 9.99. The molecule has 1 aromatic carbocycles. The van der Waals surface area contributed by atoms with Crippen LogP contribution in [0.5, 0.6) is 0 Å². The molecule has 2 rings (SSSR count). The van der Waals surface area contributed by atoms with Gasteiger partial charge in [-0.2, -0.15) is 4.98 Å². The molecular weight excluding hydrogens is 268 g/mol. The lowest BCUT2D eigenvalue weighted by Gasteiger charge is -2.06. The molecule has 0 aliphatic heterocycles. The number of benzene rings is 1. The zero-order valence-corrected chi connectivity index (χ0v) is 10.9. The first-order valence-electron chi connectivity index (χ1n) is 5.75. The van der Waals surface area contributed by atoms with Crippen LogP contribution in [0.15, 0.2) is 35.2 Å². The summed E-state index contributed by atoms with van der Waals surface area (Å²) in [5.41, 5.74) is 0.678. The second-order valence-electron chi connectivity index (χ2n) is 3.83. The lowest BCUT2D eigenvalue weighted by atomic mass is 10.3. The smallest absolute Gasteiger partial charge is 0.238 e. The lowest BCUT2D eigenvalue weighted by molar-refractivity contribution is -0.115. The van der Waals surface area contributed by atoms with Gasteiger partial charge >= 0.3 is 0 Å². The molecule has 1 heterocycles. The Bertz CT molecular complexity index is 530. The number of nitrogens with one attached hydrogen (secondary N) is 2. The zero-order chi connectivity index (χ0) is 13.5. The second kappa shape index (κ2) is 6.86. The second-order valence-corrected chi connectivity index (χ2v) is 4.27. The summed E-state index contributed by atoms with van der Waals surface area (Å²) < 4.78 is 4.60. The van der Waals surface area contributed by atoms with Gasteiger partial charge in [-0.1, -0.05) is 22.8 Å². The molecule has 0 aliphatic rings. The molecule has 19 heavy (non-hydrogen) atoms. The van der Waals surface area contributed by atoms with Gasteiger partial charge in [0.05, 0.1) is 6.54 Å². The fourth-order valence-electron chi connectivity index (χ4n) is 1.48. The summed E-state index contributed by atoms with van der Waals surface area (Å²) >= 11 is 5.82. The SMILES string of the molecule is O=C(CNCCc1ncon1)Nc1cccc(Cl)c1. The van der Waals surface area contributed by atoms with Crippen molar-refractivity contribution in [2.24, 2.45) is 0 Å². The van der Waals surface area contributed by atoms with Gasteiger partial charge in [0, 0.05) is 23.7 Å². The maximum absolute atomic E-state index is 11.6. The summed E-state index contributed by atoms with van der Waals surface area (Å²) in [6.07, 6.45) is 1.89. The van der Waals surface area contributed by atoms with Crippen molar-refractivity contribution < 1.29 is 9.32 Å². The molecule has 0 saturated carbocycles. The van der Waals surface area contributed by atoms with E-state index in [1.807, 2.05) is 0 Å². The number of hydrogen-bond acceptors (Lipinski definition) is 5. The first kappa shape index (κ1) is 13.5. The normalized spacial score (nSPS) is 10.4. The highest BCUT2D eigenvalue weighted by molar-refractivity contribution is 6.30. The summed E-state index contributed by atoms with van der Waals surface area (Å²) in [7, 11) is 0. The molecule has 7 heteroatoms. The Balaban J connectivity index is 1.67. The molecule has 0 spiro atoms. The van der Waals surface area contributed by atoms with Crippen LogP contribution >= 0.6 is 11.6 Å². The minimum Gasteiger partial charge on any atom is -0.343 e. The number of aromatic nitrogens is 2. The van der Waals surface area contributed by atoms with Crippen LogP contribution in [0.1, 0.15) is 5.82 Å². The zero-order valence-electron chi connectivity index (χ0n) is 10.1. The lowest BCUT2D eigenvalue weighted by Crippen LogP contribution is -2.29. The number of anilines is 1. The van der Waals surface area contributed by atoms with Crippen LogP contribution in [0.4, 0.5) is 5.69 Å². The van der Waals surface area contributed by atoms with E-state index >= 15 is 0 Å². The van der Waals surface area contributed by atoms with E-state index in [1.54, 1.807) is 24.3 Å². The van der Waals surface area contributed by atoms with Crippen LogP contribution in [0.2, 0.25) is 5.02 Å². The monoisotopic (exact) mass is 280 g/mol. The topological polar surface area (TPSA) is 80.1 Å². The van der Waals surface area contributed by atoms with Gasteiger partial charge in [-0.05, 0) is 18.2 Å². The van der Waals surface area contributed by atoms with Gasteiger partial charge in [0.1, 0.15) is 0 Å². The van der Waals surface area contributed by atoms with E-state index in [1.165, 1.54) is 6.39 Å². The highest BCUT2D eigenvalue weighted by Gasteiger charge is 2.03. The summed E-state index contributed by atoms with van der Waals surface area (Å²) in [4.78, 5) is 15.5. The van der Waals surface area contributed by atoms with Gasteiger partial charge in [0.2, 0.25) is 12.3 Å². The van der Waals surface area contributed by atoms with Crippen molar-refractivity contribution in [3.63, 3.8) is 0 Å². The number of halogens is 1. The minimum atomic E-state index is -0.129. The molecule has 0 aliphatic carbocycles. The van der Waals surface area contributed by atoms with E-state index < -0.39 is 0 Å². The molecule has 0 saturated heterocycles. The van der Waals surface area contributed by atoms with Gasteiger partial charge in [-0.25, -0.2) is 0 Å². The van der Waals surface area contributed by atoms with Crippen LogP contribution < -0.4 is 10.6 Å². The Hall–Kier alpha value is -1.92. The summed E-state index contributed by atoms with van der Waals surface area (Å²) in [6.45, 7) is 0.812. The van der Waals surface area contributed by atoms with E-state index in [4.69, 9.17) is 11.6 Å². The number of amides is 1. The maximum atomic E-state index is 11.6. The van der Waals surface area contributed by atoms with Crippen molar-refractivity contribution in [1.82, 2.24) is 15.5 Å². The van der Waals surface area contributed by atoms with Gasteiger partial charge < -0.3 is 15.2 Å². The Morgan fingerprint density at radius 2 is 2.32 bits per heavy atom. The number of carbonyl (C=O) groups is 1. The first-order valence-corrected chi connectivity index (χ1v) is 6.13. The summed E-state index contributed by atoms with van der Waals surface area (Å²) in [6, 6.07) is 7.00. The average molecular weight is 281 g/mol. The highest BCUT2D eigenvalue weighted by atomic mass is 35.5. The van der Waals surface area contributed by atoms with Crippen LogP contribution in [-0.2, 0) is 11.2 Å². The quantitative estimate of drug-likeness (QED) is 0.784. The molecule has 2 N–H and O–H groups in total. The third-order valence-corrected chi connectivity index (χ3v) is 2.56. The largest absolute Gasteiger partial charge is 0.343 e. The molecule has 0 atom stereocenters. The summed E-state index contributed by atoms with van der Waals surface area (Å²) in [5.74, 6) is 0.484. The van der Waals surface area contributed by atoms with E-state index in [0.717, 1.165) is 0 Å². The van der Waals surface area contributed by atoms with E-state index in [0.29, 0.717) is 29.5 Å². The minimum absolute atomic E-state index is 0.129. The predicted molar refractivity (Wildman–Crippen MR) is 71.0 cm³/mol. The fraction of sp³-hybridized carbons (Fsp3) is 0.250. The van der Waals surface area contributed by atoms with Crippen molar-refractivity contribution in [1.29, 1.82) is 0 Å². The number of carbonyl (C=O) groups excluding carboxylic acids is 1. The molecule has 0 bridgehead atoms. The van der Waals surface area contributed by atoms with Gasteiger partial charge in [-0.15, -0.1) is 0 Å². The van der Waals surface area contributed by atoms with E-state index in [-0.39, 0.29) is 12.5 Å². The third kappa shape index (κ3) is 4.69. The molecule has 0 unspecified atom stereocenters. The van der Waals surface area contributed by atoms with Gasteiger partial charge in [0.25, 0.3) is 0 Å². The Morgan fingerprint density at radius 3 is 3.05 bits per heavy atom. The average Bonchev–Trinajstić information content (AvgIpc) is 2.88. The molecule has 1 aromatic heterocycles. The molecule has 1 amide bonds. The van der Waals surface area contributed by atoms with E-state index in [2.05, 4.69) is 25.3 Å². The van der Waals surface area contributed by atoms with Crippen molar-refractivity contribution in [3.8, 4) is 0 Å². The number of rotatable bonds is 6. The van der Waals surface area contributed by atoms with Crippen molar-refractivity contribution in [3.05, 3.63) is 41.5 Å². The Labute approximate surface area is 115 Å². The molecule has 100 valence electrons. The molecule has 0 fully saturated rings. The van der Waals surface area contributed by atoms with Crippen LogP contribution in [-0.4, -0.2) is 29.1 Å². The molecular formula is C12H13ClN4O2. The van der Waals surface area contributed by atoms with Gasteiger partial charge in [0.15, 0.2) is 5.82 Å². The molecule has 0 radical (unpaired) electrons.